The molecule has 0 fully saturated rings. The zero-order valence-electron chi connectivity index (χ0n) is 13.3. The standard InChI is InChI=1S/C16H20N4S2/c1-5-13-19-14(11-6-7-21-16(11)20-13)17-10(4)12-8-22-15(18-12)9(2)3/h6-10H,5H2,1-4H3,(H,17,19,20). The molecule has 3 aromatic heterocycles. The number of nitrogens with zero attached hydrogens (tertiary/aromatic N) is 3. The number of rotatable bonds is 5. The fourth-order valence-electron chi connectivity index (χ4n) is 2.21. The summed E-state index contributed by atoms with van der Waals surface area (Å²) in [5.41, 5.74) is 1.08. The average Bonchev–Trinajstić information content (AvgIpc) is 3.16. The molecule has 0 spiro atoms. The molecule has 1 N–H and O–H groups in total. The quantitative estimate of drug-likeness (QED) is 0.714. The van der Waals surface area contributed by atoms with Gasteiger partial charge in [0.1, 0.15) is 16.5 Å². The molecule has 0 aromatic carbocycles. The van der Waals surface area contributed by atoms with Crippen molar-refractivity contribution in [1.29, 1.82) is 0 Å². The Balaban J connectivity index is 1.89. The van der Waals surface area contributed by atoms with E-state index in [1.165, 1.54) is 5.01 Å². The summed E-state index contributed by atoms with van der Waals surface area (Å²) in [4.78, 5) is 15.0. The van der Waals surface area contributed by atoms with E-state index in [0.29, 0.717) is 5.92 Å². The molecule has 4 nitrogen and oxygen atoms in total. The van der Waals surface area contributed by atoms with Crippen molar-refractivity contribution in [3.05, 3.63) is 33.4 Å². The predicted octanol–water partition coefficient (Wildman–Crippen LogP) is 5.01. The molecule has 0 aliphatic carbocycles. The van der Waals surface area contributed by atoms with E-state index in [-0.39, 0.29) is 6.04 Å². The number of thiophene rings is 1. The van der Waals surface area contributed by atoms with Crippen LogP contribution in [0.3, 0.4) is 0 Å². The predicted molar refractivity (Wildman–Crippen MR) is 95.0 cm³/mol. The summed E-state index contributed by atoms with van der Waals surface area (Å²) in [6.45, 7) is 8.56. The Morgan fingerprint density at radius 3 is 2.64 bits per heavy atom. The summed E-state index contributed by atoms with van der Waals surface area (Å²) in [6.07, 6.45) is 0.838. The van der Waals surface area contributed by atoms with E-state index in [1.807, 2.05) is 0 Å². The van der Waals surface area contributed by atoms with Gasteiger partial charge in [0.2, 0.25) is 0 Å². The van der Waals surface area contributed by atoms with Gasteiger partial charge in [-0.15, -0.1) is 22.7 Å². The third kappa shape index (κ3) is 2.98. The Kier molecular flexibility index (Phi) is 4.40. The Bertz CT molecular complexity index is 775. The van der Waals surface area contributed by atoms with E-state index in [0.717, 1.165) is 34.0 Å². The minimum Gasteiger partial charge on any atom is -0.361 e. The van der Waals surface area contributed by atoms with Gasteiger partial charge in [-0.25, -0.2) is 15.0 Å². The van der Waals surface area contributed by atoms with E-state index >= 15 is 0 Å². The minimum atomic E-state index is 0.131. The molecule has 22 heavy (non-hydrogen) atoms. The van der Waals surface area contributed by atoms with Crippen molar-refractivity contribution in [2.24, 2.45) is 0 Å². The second-order valence-electron chi connectivity index (χ2n) is 5.61. The van der Waals surface area contributed by atoms with E-state index in [4.69, 9.17) is 4.98 Å². The lowest BCUT2D eigenvalue weighted by atomic mass is 10.2. The molecule has 1 atom stereocenters. The summed E-state index contributed by atoms with van der Waals surface area (Å²) in [5, 5.41) is 9.99. The van der Waals surface area contributed by atoms with Crippen molar-refractivity contribution in [1.82, 2.24) is 15.0 Å². The van der Waals surface area contributed by atoms with Gasteiger partial charge in [-0.2, -0.15) is 0 Å². The summed E-state index contributed by atoms with van der Waals surface area (Å²) in [5.74, 6) is 2.26. The molecule has 0 saturated heterocycles. The van der Waals surface area contributed by atoms with Gasteiger partial charge in [-0.05, 0) is 18.4 Å². The van der Waals surface area contributed by atoms with Crippen LogP contribution in [0.2, 0.25) is 0 Å². The van der Waals surface area contributed by atoms with Gasteiger partial charge in [0.05, 0.1) is 22.1 Å². The van der Waals surface area contributed by atoms with Crippen molar-refractivity contribution < 1.29 is 0 Å². The van der Waals surface area contributed by atoms with Crippen LogP contribution >= 0.6 is 22.7 Å². The first-order valence-corrected chi connectivity index (χ1v) is 9.30. The van der Waals surface area contributed by atoms with Gasteiger partial charge in [0.15, 0.2) is 0 Å². The lowest BCUT2D eigenvalue weighted by Crippen LogP contribution is -2.10. The Morgan fingerprint density at radius 1 is 1.14 bits per heavy atom. The van der Waals surface area contributed by atoms with Crippen LogP contribution in [0.4, 0.5) is 5.82 Å². The highest BCUT2D eigenvalue weighted by Gasteiger charge is 2.15. The maximum Gasteiger partial charge on any atom is 0.139 e. The molecule has 0 amide bonds. The highest BCUT2D eigenvalue weighted by molar-refractivity contribution is 7.16. The molecule has 0 radical (unpaired) electrons. The Morgan fingerprint density at radius 2 is 1.95 bits per heavy atom. The van der Waals surface area contributed by atoms with Crippen LogP contribution in [-0.4, -0.2) is 15.0 Å². The van der Waals surface area contributed by atoms with Gasteiger partial charge < -0.3 is 5.32 Å². The lowest BCUT2D eigenvalue weighted by Gasteiger charge is -2.14. The third-order valence-electron chi connectivity index (χ3n) is 3.52. The molecule has 0 saturated carbocycles. The van der Waals surface area contributed by atoms with Crippen molar-refractivity contribution in [2.75, 3.05) is 5.32 Å². The van der Waals surface area contributed by atoms with E-state index < -0.39 is 0 Å². The number of nitrogens with one attached hydrogen (secondary N) is 1. The van der Waals surface area contributed by atoms with E-state index in [9.17, 15) is 0 Å². The summed E-state index contributed by atoms with van der Waals surface area (Å²) < 4.78 is 0. The molecule has 0 aliphatic heterocycles. The van der Waals surface area contributed by atoms with Crippen LogP contribution in [0, 0.1) is 0 Å². The lowest BCUT2D eigenvalue weighted by molar-refractivity contribution is 0.797. The van der Waals surface area contributed by atoms with Crippen LogP contribution in [0.25, 0.3) is 10.2 Å². The molecule has 1 unspecified atom stereocenters. The first-order valence-electron chi connectivity index (χ1n) is 7.54. The fourth-order valence-corrected chi connectivity index (χ4v) is 3.92. The van der Waals surface area contributed by atoms with Crippen molar-refractivity contribution in [3.63, 3.8) is 0 Å². The summed E-state index contributed by atoms with van der Waals surface area (Å²) in [6, 6.07) is 2.21. The van der Waals surface area contributed by atoms with Crippen molar-refractivity contribution in [2.45, 2.75) is 46.1 Å². The maximum absolute atomic E-state index is 4.73. The van der Waals surface area contributed by atoms with Crippen LogP contribution in [0.5, 0.6) is 0 Å². The monoisotopic (exact) mass is 332 g/mol. The molecular formula is C16H20N4S2. The largest absolute Gasteiger partial charge is 0.361 e. The zero-order valence-corrected chi connectivity index (χ0v) is 14.9. The van der Waals surface area contributed by atoms with Crippen LogP contribution in [-0.2, 0) is 6.42 Å². The summed E-state index contributed by atoms with van der Waals surface area (Å²) in [7, 11) is 0. The molecule has 6 heteroatoms. The number of fused-ring (bicyclic) bond motifs is 1. The summed E-state index contributed by atoms with van der Waals surface area (Å²) >= 11 is 3.38. The van der Waals surface area contributed by atoms with Crippen LogP contribution in [0.1, 0.15) is 56.2 Å². The topological polar surface area (TPSA) is 50.7 Å². The molecular weight excluding hydrogens is 312 g/mol. The SMILES string of the molecule is CCc1nc(NC(C)c2csc(C(C)C)n2)c2ccsc2n1. The molecule has 116 valence electrons. The number of aryl methyl sites for hydroxylation is 1. The second kappa shape index (κ2) is 6.30. The Labute approximate surface area is 138 Å². The molecule has 3 heterocycles. The van der Waals surface area contributed by atoms with Crippen molar-refractivity contribution in [3.8, 4) is 0 Å². The maximum atomic E-state index is 4.73. The molecule has 3 rings (SSSR count). The first-order chi connectivity index (χ1) is 10.6. The number of hydrogen-bond donors (Lipinski definition) is 1. The van der Waals surface area contributed by atoms with Crippen molar-refractivity contribution >= 4 is 38.7 Å². The second-order valence-corrected chi connectivity index (χ2v) is 7.40. The van der Waals surface area contributed by atoms with Gasteiger partial charge >= 0.3 is 0 Å². The number of hydrogen-bond acceptors (Lipinski definition) is 6. The molecule has 0 aliphatic rings. The minimum absolute atomic E-state index is 0.131. The van der Waals surface area contributed by atoms with Crippen LogP contribution in [0.15, 0.2) is 16.8 Å². The van der Waals surface area contributed by atoms with Gasteiger partial charge in [-0.3, -0.25) is 0 Å². The van der Waals surface area contributed by atoms with E-state index in [2.05, 4.69) is 59.8 Å². The third-order valence-corrected chi connectivity index (χ3v) is 5.49. The molecule has 3 aromatic rings. The van der Waals surface area contributed by atoms with E-state index in [1.54, 1.807) is 22.7 Å². The number of thiazole rings is 1. The smallest absolute Gasteiger partial charge is 0.139 e. The zero-order chi connectivity index (χ0) is 15.7. The molecule has 0 bridgehead atoms. The average molecular weight is 332 g/mol. The first kappa shape index (κ1) is 15.4. The Hall–Kier alpha value is -1.53. The normalized spacial score (nSPS) is 13.0. The highest BCUT2D eigenvalue weighted by atomic mass is 32.1. The van der Waals surface area contributed by atoms with Gasteiger partial charge in [0.25, 0.3) is 0 Å². The highest BCUT2D eigenvalue weighted by Crippen LogP contribution is 2.29. The number of anilines is 1. The van der Waals surface area contributed by atoms with Crippen LogP contribution < -0.4 is 5.32 Å². The van der Waals surface area contributed by atoms with Gasteiger partial charge in [-0.1, -0.05) is 20.8 Å². The number of aromatic nitrogens is 3. The fraction of sp³-hybridized carbons (Fsp3) is 0.438. The van der Waals surface area contributed by atoms with Gasteiger partial charge in [0, 0.05) is 17.7 Å².